The van der Waals surface area contributed by atoms with Gasteiger partial charge < -0.3 is 9.84 Å². The van der Waals surface area contributed by atoms with Gasteiger partial charge >= 0.3 is 5.97 Å². The van der Waals surface area contributed by atoms with Crippen LogP contribution in [-0.2, 0) is 14.8 Å². The third-order valence-electron chi connectivity index (χ3n) is 3.58. The molecule has 0 aromatic heterocycles. The summed E-state index contributed by atoms with van der Waals surface area (Å²) in [6.07, 6.45) is -0.0313. The number of carbonyl (C=O) groups is 1. The maximum Gasteiger partial charge on any atom is 0.303 e. The molecule has 0 aliphatic rings. The molecular formula is C17H17Cl2NO5S. The van der Waals surface area contributed by atoms with Crippen LogP contribution >= 0.6 is 23.2 Å². The van der Waals surface area contributed by atoms with Crippen molar-refractivity contribution in [1.29, 1.82) is 0 Å². The Kier molecular flexibility index (Phi) is 6.75. The zero-order valence-corrected chi connectivity index (χ0v) is 16.2. The standard InChI is InChI=1S/C17H17Cl2NO5S/c1-25-16-6-3-2-5-15(16)20(10-4-7-17(21)22)26(23,24)12-8-9-13(18)14(19)11-12/h2-3,5-6,8-9,11H,4,7,10H2,1H3,(H,21,22). The van der Waals surface area contributed by atoms with Crippen LogP contribution < -0.4 is 9.04 Å². The number of carboxylic acids is 1. The fourth-order valence-electron chi connectivity index (χ4n) is 2.34. The quantitative estimate of drug-likeness (QED) is 0.699. The van der Waals surface area contributed by atoms with Crippen LogP contribution in [0, 0.1) is 0 Å². The molecule has 0 amide bonds. The van der Waals surface area contributed by atoms with Crippen molar-refractivity contribution < 1.29 is 23.1 Å². The summed E-state index contributed by atoms with van der Waals surface area (Å²) in [6, 6.07) is 10.6. The van der Waals surface area contributed by atoms with Crippen molar-refractivity contribution in [3.8, 4) is 5.75 Å². The van der Waals surface area contributed by atoms with Gasteiger partial charge in [-0.2, -0.15) is 0 Å². The number of hydrogen-bond acceptors (Lipinski definition) is 4. The van der Waals surface area contributed by atoms with Crippen molar-refractivity contribution in [3.63, 3.8) is 0 Å². The molecule has 0 radical (unpaired) electrons. The Morgan fingerprint density at radius 3 is 2.46 bits per heavy atom. The second kappa shape index (κ2) is 8.62. The number of anilines is 1. The number of rotatable bonds is 8. The number of methoxy groups -OCH3 is 1. The van der Waals surface area contributed by atoms with Crippen molar-refractivity contribution in [1.82, 2.24) is 0 Å². The van der Waals surface area contributed by atoms with E-state index in [0.717, 1.165) is 4.31 Å². The predicted octanol–water partition coefficient (Wildman–Crippen LogP) is 4.06. The van der Waals surface area contributed by atoms with Gasteiger partial charge in [-0.3, -0.25) is 9.10 Å². The smallest absolute Gasteiger partial charge is 0.303 e. The Bertz CT molecular complexity index is 902. The molecule has 0 spiro atoms. The van der Waals surface area contributed by atoms with Gasteiger partial charge in [-0.15, -0.1) is 0 Å². The van der Waals surface area contributed by atoms with Crippen molar-refractivity contribution >= 4 is 44.9 Å². The number of para-hydroxylation sites is 2. The van der Waals surface area contributed by atoms with E-state index in [4.69, 9.17) is 33.0 Å². The summed E-state index contributed by atoms with van der Waals surface area (Å²) in [6.45, 7) is -0.0325. The van der Waals surface area contributed by atoms with Gasteiger partial charge in [-0.1, -0.05) is 35.3 Å². The molecule has 1 N–H and O–H groups in total. The average molecular weight is 418 g/mol. The van der Waals surface area contributed by atoms with Crippen molar-refractivity contribution in [2.24, 2.45) is 0 Å². The highest BCUT2D eigenvalue weighted by Crippen LogP contribution is 2.34. The molecule has 0 aliphatic heterocycles. The molecule has 140 valence electrons. The maximum atomic E-state index is 13.2. The number of nitrogens with zero attached hydrogens (tertiary/aromatic N) is 1. The molecule has 2 rings (SSSR count). The summed E-state index contributed by atoms with van der Waals surface area (Å²) in [5.41, 5.74) is 0.312. The number of aliphatic carboxylic acids is 1. The second-order valence-corrected chi connectivity index (χ2v) is 8.00. The molecule has 0 bridgehead atoms. The zero-order chi connectivity index (χ0) is 19.3. The van der Waals surface area contributed by atoms with Gasteiger partial charge in [0.15, 0.2) is 0 Å². The molecule has 0 heterocycles. The Morgan fingerprint density at radius 2 is 1.85 bits per heavy atom. The lowest BCUT2D eigenvalue weighted by Crippen LogP contribution is -2.32. The first kappa shape index (κ1) is 20.4. The first-order chi connectivity index (χ1) is 12.3. The maximum absolute atomic E-state index is 13.2. The highest BCUT2D eigenvalue weighted by atomic mass is 35.5. The van der Waals surface area contributed by atoms with Gasteiger partial charge in [-0.05, 0) is 36.8 Å². The predicted molar refractivity (Wildman–Crippen MR) is 101 cm³/mol. The molecule has 0 saturated heterocycles. The largest absolute Gasteiger partial charge is 0.495 e. The van der Waals surface area contributed by atoms with Gasteiger partial charge in [0.25, 0.3) is 10.0 Å². The lowest BCUT2D eigenvalue weighted by Gasteiger charge is -2.26. The van der Waals surface area contributed by atoms with E-state index in [1.54, 1.807) is 24.3 Å². The summed E-state index contributed by atoms with van der Waals surface area (Å²) >= 11 is 11.8. The van der Waals surface area contributed by atoms with Crippen LogP contribution in [0.2, 0.25) is 10.0 Å². The molecule has 9 heteroatoms. The fourth-order valence-corrected chi connectivity index (χ4v) is 4.25. The Morgan fingerprint density at radius 1 is 1.15 bits per heavy atom. The van der Waals surface area contributed by atoms with E-state index >= 15 is 0 Å². The van der Waals surface area contributed by atoms with E-state index < -0.39 is 16.0 Å². The molecule has 0 saturated carbocycles. The number of carboxylic acid groups (broad SMARTS) is 1. The Balaban J connectivity index is 2.50. The van der Waals surface area contributed by atoms with Crippen LogP contribution in [0.1, 0.15) is 12.8 Å². The number of hydrogen-bond donors (Lipinski definition) is 1. The molecule has 0 fully saturated rings. The average Bonchev–Trinajstić information content (AvgIpc) is 2.60. The van der Waals surface area contributed by atoms with E-state index in [2.05, 4.69) is 0 Å². The molecule has 2 aromatic rings. The van der Waals surface area contributed by atoms with Crippen LogP contribution in [0.15, 0.2) is 47.4 Å². The minimum absolute atomic E-state index is 0.0325. The lowest BCUT2D eigenvalue weighted by atomic mass is 10.2. The van der Waals surface area contributed by atoms with Gasteiger partial charge in [0, 0.05) is 13.0 Å². The summed E-state index contributed by atoms with van der Waals surface area (Å²) < 4.78 is 32.7. The molecule has 6 nitrogen and oxygen atoms in total. The topological polar surface area (TPSA) is 83.9 Å². The molecule has 0 aliphatic carbocycles. The van der Waals surface area contributed by atoms with Gasteiger partial charge in [0.1, 0.15) is 5.75 Å². The SMILES string of the molecule is COc1ccccc1N(CCCC(=O)O)S(=O)(=O)c1ccc(Cl)c(Cl)c1. The normalized spacial score (nSPS) is 11.2. The summed E-state index contributed by atoms with van der Waals surface area (Å²) in [4.78, 5) is 10.8. The molecule has 26 heavy (non-hydrogen) atoms. The Labute approximate surface area is 162 Å². The van der Waals surface area contributed by atoms with E-state index in [-0.39, 0.29) is 34.3 Å². The first-order valence-corrected chi connectivity index (χ1v) is 9.79. The molecule has 0 atom stereocenters. The van der Waals surface area contributed by atoms with Gasteiger partial charge in [-0.25, -0.2) is 8.42 Å². The van der Waals surface area contributed by atoms with Crippen LogP contribution in [0.4, 0.5) is 5.69 Å². The lowest BCUT2D eigenvalue weighted by molar-refractivity contribution is -0.137. The highest BCUT2D eigenvalue weighted by Gasteiger charge is 2.27. The molecule has 0 unspecified atom stereocenters. The summed E-state index contributed by atoms with van der Waals surface area (Å²) in [5, 5.41) is 9.21. The number of benzene rings is 2. The van der Waals surface area contributed by atoms with Crippen molar-refractivity contribution in [2.75, 3.05) is 18.0 Å². The van der Waals surface area contributed by atoms with Crippen molar-refractivity contribution in [2.45, 2.75) is 17.7 Å². The van der Waals surface area contributed by atoms with Crippen LogP contribution in [0.5, 0.6) is 5.75 Å². The van der Waals surface area contributed by atoms with Gasteiger partial charge in [0.05, 0.1) is 27.7 Å². The van der Waals surface area contributed by atoms with Gasteiger partial charge in [0.2, 0.25) is 0 Å². The zero-order valence-electron chi connectivity index (χ0n) is 13.9. The van der Waals surface area contributed by atoms with Crippen molar-refractivity contribution in [3.05, 3.63) is 52.5 Å². The summed E-state index contributed by atoms with van der Waals surface area (Å²) in [7, 11) is -2.58. The molecular weight excluding hydrogens is 401 g/mol. The third kappa shape index (κ3) is 4.60. The summed E-state index contributed by atoms with van der Waals surface area (Å²) in [5.74, 6) is -0.650. The fraction of sp³-hybridized carbons (Fsp3) is 0.235. The van der Waals surface area contributed by atoms with E-state index in [1.807, 2.05) is 0 Å². The van der Waals surface area contributed by atoms with E-state index in [1.165, 1.54) is 25.3 Å². The van der Waals surface area contributed by atoms with Crippen LogP contribution in [-0.4, -0.2) is 33.1 Å². The first-order valence-electron chi connectivity index (χ1n) is 7.60. The number of sulfonamides is 1. The van der Waals surface area contributed by atoms with E-state index in [9.17, 15) is 13.2 Å². The number of halogens is 2. The minimum Gasteiger partial charge on any atom is -0.495 e. The van der Waals surface area contributed by atoms with Crippen LogP contribution in [0.3, 0.4) is 0 Å². The van der Waals surface area contributed by atoms with Crippen LogP contribution in [0.25, 0.3) is 0 Å². The third-order valence-corrected chi connectivity index (χ3v) is 6.13. The monoisotopic (exact) mass is 417 g/mol. The van der Waals surface area contributed by atoms with E-state index in [0.29, 0.717) is 11.4 Å². The second-order valence-electron chi connectivity index (χ2n) is 5.32. The highest BCUT2D eigenvalue weighted by molar-refractivity contribution is 7.92. The number of ether oxygens (including phenoxy) is 1. The Hall–Kier alpha value is -1.96. The minimum atomic E-state index is -4.01. The molecule has 2 aromatic carbocycles.